The smallest absolute Gasteiger partial charge is 0.233 e. The molecule has 25 heavy (non-hydrogen) atoms. The first kappa shape index (κ1) is 17.3. The Bertz CT molecular complexity index is 767. The maximum atomic E-state index is 13.2. The van der Waals surface area contributed by atoms with Gasteiger partial charge in [0.15, 0.2) is 0 Å². The zero-order valence-electron chi connectivity index (χ0n) is 14.5. The zero-order valence-corrected chi connectivity index (χ0v) is 14.5. The van der Waals surface area contributed by atoms with Gasteiger partial charge >= 0.3 is 0 Å². The van der Waals surface area contributed by atoms with Gasteiger partial charge in [-0.1, -0.05) is 31.2 Å². The number of anilines is 1. The highest BCUT2D eigenvalue weighted by atomic mass is 19.1. The van der Waals surface area contributed by atoms with Crippen LogP contribution in [0.25, 0.3) is 0 Å². The van der Waals surface area contributed by atoms with Crippen molar-refractivity contribution in [1.29, 1.82) is 0 Å². The molecule has 0 spiro atoms. The summed E-state index contributed by atoms with van der Waals surface area (Å²) in [6.07, 6.45) is 1.91. The molecule has 130 valence electrons. The number of hydrogen-bond acceptors (Lipinski definition) is 2. The normalized spacial score (nSPS) is 19.6. The number of carbonyl (C=O) groups excluding carboxylic acids is 2. The van der Waals surface area contributed by atoms with E-state index in [1.54, 1.807) is 24.0 Å². The molecule has 0 N–H and O–H groups in total. The fraction of sp³-hybridized carbons (Fsp3) is 0.333. The minimum absolute atomic E-state index is 0.00238. The maximum absolute atomic E-state index is 13.2. The van der Waals surface area contributed by atoms with E-state index in [1.165, 1.54) is 17.7 Å². The Labute approximate surface area is 147 Å². The zero-order chi connectivity index (χ0) is 18.0. The Kier molecular flexibility index (Phi) is 4.98. The first-order valence-corrected chi connectivity index (χ1v) is 8.68. The van der Waals surface area contributed by atoms with E-state index >= 15 is 0 Å². The molecule has 2 atom stereocenters. The van der Waals surface area contributed by atoms with E-state index in [0.717, 1.165) is 12.0 Å². The van der Waals surface area contributed by atoms with Crippen molar-refractivity contribution in [3.63, 3.8) is 0 Å². The second-order valence-electron chi connectivity index (χ2n) is 6.57. The SMILES string of the molecule is CCc1ccc(C2C(CCC(C)=O)C(=O)N2c2ccc(F)cc2)cc1. The van der Waals surface area contributed by atoms with Gasteiger partial charge in [-0.3, -0.25) is 4.79 Å². The molecule has 1 heterocycles. The van der Waals surface area contributed by atoms with Crippen LogP contribution in [0.4, 0.5) is 10.1 Å². The van der Waals surface area contributed by atoms with E-state index in [9.17, 15) is 14.0 Å². The number of nitrogens with zero attached hydrogens (tertiary/aromatic N) is 1. The number of carbonyl (C=O) groups is 2. The number of hydrogen-bond donors (Lipinski definition) is 0. The van der Waals surface area contributed by atoms with Gasteiger partial charge in [0.25, 0.3) is 0 Å². The molecule has 1 fully saturated rings. The minimum Gasteiger partial charge on any atom is -0.304 e. The van der Waals surface area contributed by atoms with Crippen molar-refractivity contribution in [3.05, 3.63) is 65.5 Å². The number of β-lactam (4-membered cyclic amide) rings is 1. The molecule has 0 bridgehead atoms. The maximum Gasteiger partial charge on any atom is 0.233 e. The highest BCUT2D eigenvalue weighted by Gasteiger charge is 2.48. The molecule has 2 aromatic carbocycles. The third-order valence-corrected chi connectivity index (χ3v) is 4.86. The van der Waals surface area contributed by atoms with E-state index in [-0.39, 0.29) is 29.5 Å². The lowest BCUT2D eigenvalue weighted by Gasteiger charge is -2.47. The van der Waals surface area contributed by atoms with Gasteiger partial charge in [0, 0.05) is 12.1 Å². The monoisotopic (exact) mass is 339 g/mol. The number of amides is 1. The van der Waals surface area contributed by atoms with Gasteiger partial charge in [-0.15, -0.1) is 0 Å². The van der Waals surface area contributed by atoms with Crippen LogP contribution >= 0.6 is 0 Å². The highest BCUT2D eigenvalue weighted by Crippen LogP contribution is 2.45. The molecular formula is C21H22FNO2. The molecule has 3 rings (SSSR count). The van der Waals surface area contributed by atoms with E-state index in [2.05, 4.69) is 19.1 Å². The van der Waals surface area contributed by atoms with Crippen LogP contribution in [0.5, 0.6) is 0 Å². The van der Waals surface area contributed by atoms with Gasteiger partial charge in [-0.25, -0.2) is 4.39 Å². The van der Waals surface area contributed by atoms with Crippen LogP contribution in [0.2, 0.25) is 0 Å². The molecule has 0 radical (unpaired) electrons. The highest BCUT2D eigenvalue weighted by molar-refractivity contribution is 6.03. The lowest BCUT2D eigenvalue weighted by atomic mass is 9.78. The molecule has 0 aromatic heterocycles. The fourth-order valence-corrected chi connectivity index (χ4v) is 3.41. The van der Waals surface area contributed by atoms with Gasteiger partial charge in [0.2, 0.25) is 5.91 Å². The van der Waals surface area contributed by atoms with E-state index in [1.807, 2.05) is 12.1 Å². The van der Waals surface area contributed by atoms with Crippen molar-refractivity contribution in [3.8, 4) is 0 Å². The molecule has 0 saturated carbocycles. The first-order valence-electron chi connectivity index (χ1n) is 8.68. The van der Waals surface area contributed by atoms with E-state index in [0.29, 0.717) is 18.5 Å². The molecule has 1 aliphatic rings. The fourth-order valence-electron chi connectivity index (χ4n) is 3.41. The molecule has 0 aliphatic carbocycles. The Morgan fingerprint density at radius 2 is 1.72 bits per heavy atom. The lowest BCUT2D eigenvalue weighted by molar-refractivity contribution is -0.131. The summed E-state index contributed by atoms with van der Waals surface area (Å²) in [7, 11) is 0. The average molecular weight is 339 g/mol. The van der Waals surface area contributed by atoms with Crippen molar-refractivity contribution in [1.82, 2.24) is 0 Å². The van der Waals surface area contributed by atoms with E-state index < -0.39 is 0 Å². The third kappa shape index (κ3) is 3.48. The number of halogens is 1. The molecular weight excluding hydrogens is 317 g/mol. The quantitative estimate of drug-likeness (QED) is 0.729. The van der Waals surface area contributed by atoms with Gasteiger partial charge in [-0.2, -0.15) is 0 Å². The van der Waals surface area contributed by atoms with Gasteiger partial charge < -0.3 is 9.69 Å². The molecule has 1 saturated heterocycles. The molecule has 1 aliphatic heterocycles. The summed E-state index contributed by atoms with van der Waals surface area (Å²) in [5.41, 5.74) is 2.98. The molecule has 3 nitrogen and oxygen atoms in total. The summed E-state index contributed by atoms with van der Waals surface area (Å²) in [5, 5.41) is 0. The molecule has 1 amide bonds. The topological polar surface area (TPSA) is 37.4 Å². The van der Waals surface area contributed by atoms with Gasteiger partial charge in [0.05, 0.1) is 12.0 Å². The number of benzene rings is 2. The third-order valence-electron chi connectivity index (χ3n) is 4.86. The molecule has 2 aromatic rings. The van der Waals surface area contributed by atoms with Crippen LogP contribution in [-0.2, 0) is 16.0 Å². The average Bonchev–Trinajstić information content (AvgIpc) is 2.61. The van der Waals surface area contributed by atoms with Crippen LogP contribution < -0.4 is 4.90 Å². The Morgan fingerprint density at radius 3 is 2.28 bits per heavy atom. The Hall–Kier alpha value is -2.49. The van der Waals surface area contributed by atoms with Gasteiger partial charge in [-0.05, 0) is 55.2 Å². The van der Waals surface area contributed by atoms with Crippen molar-refractivity contribution in [2.75, 3.05) is 4.90 Å². The molecule has 4 heteroatoms. The van der Waals surface area contributed by atoms with Crippen molar-refractivity contribution >= 4 is 17.4 Å². The largest absolute Gasteiger partial charge is 0.304 e. The second kappa shape index (κ2) is 7.18. The van der Waals surface area contributed by atoms with Crippen LogP contribution in [0.1, 0.15) is 43.9 Å². The van der Waals surface area contributed by atoms with Crippen LogP contribution in [0.15, 0.2) is 48.5 Å². The predicted octanol–water partition coefficient (Wildman–Crippen LogP) is 4.46. The van der Waals surface area contributed by atoms with Crippen molar-refractivity contribution in [2.24, 2.45) is 5.92 Å². The number of aryl methyl sites for hydroxylation is 1. The van der Waals surface area contributed by atoms with Crippen molar-refractivity contribution < 1.29 is 14.0 Å². The number of rotatable bonds is 6. The lowest BCUT2D eigenvalue weighted by Crippen LogP contribution is -2.55. The number of ketones is 1. The molecule has 2 unspecified atom stereocenters. The standard InChI is InChI=1S/C21H22FNO2/c1-3-15-5-7-16(8-6-15)20-19(13-4-14(2)24)21(25)23(20)18-11-9-17(22)10-12-18/h5-12,19-20H,3-4,13H2,1-2H3. The minimum atomic E-state index is -0.325. The summed E-state index contributed by atoms with van der Waals surface area (Å²) in [6.45, 7) is 3.65. The second-order valence-corrected chi connectivity index (χ2v) is 6.57. The van der Waals surface area contributed by atoms with Crippen molar-refractivity contribution in [2.45, 2.75) is 39.2 Å². The summed E-state index contributed by atoms with van der Waals surface area (Å²) >= 11 is 0. The summed E-state index contributed by atoms with van der Waals surface area (Å²) < 4.78 is 13.2. The van der Waals surface area contributed by atoms with Crippen LogP contribution in [-0.4, -0.2) is 11.7 Å². The Balaban J connectivity index is 1.91. The Morgan fingerprint density at radius 1 is 1.08 bits per heavy atom. The predicted molar refractivity (Wildman–Crippen MR) is 95.9 cm³/mol. The summed E-state index contributed by atoms with van der Waals surface area (Å²) in [5.74, 6) is -0.444. The van der Waals surface area contributed by atoms with Crippen LogP contribution in [0.3, 0.4) is 0 Å². The number of Topliss-reactive ketones (excluding diaryl/α,β-unsaturated/α-hetero) is 1. The van der Waals surface area contributed by atoms with Crippen LogP contribution in [0, 0.1) is 11.7 Å². The first-order chi connectivity index (χ1) is 12.0. The van der Waals surface area contributed by atoms with E-state index in [4.69, 9.17) is 0 Å². The summed E-state index contributed by atoms with van der Waals surface area (Å²) in [4.78, 5) is 25.7. The summed E-state index contributed by atoms with van der Waals surface area (Å²) in [6, 6.07) is 14.1. The van der Waals surface area contributed by atoms with Gasteiger partial charge in [0.1, 0.15) is 11.6 Å².